The van der Waals surface area contributed by atoms with Crippen molar-refractivity contribution in [2.75, 3.05) is 0 Å². The average Bonchev–Trinajstić information content (AvgIpc) is 2.28. The van der Waals surface area contributed by atoms with E-state index in [1.807, 2.05) is 6.92 Å². The van der Waals surface area contributed by atoms with Crippen molar-refractivity contribution in [2.45, 2.75) is 26.4 Å². The van der Waals surface area contributed by atoms with Crippen LogP contribution in [0.25, 0.3) is 0 Å². The average molecular weight is 239 g/mol. The summed E-state index contributed by atoms with van der Waals surface area (Å²) in [5.41, 5.74) is -0.260. The van der Waals surface area contributed by atoms with Crippen LogP contribution in [0.4, 0.5) is 5.69 Å². The van der Waals surface area contributed by atoms with Crippen molar-refractivity contribution in [3.63, 3.8) is 0 Å². The zero-order chi connectivity index (χ0) is 13.0. The van der Waals surface area contributed by atoms with Crippen LogP contribution in [-0.4, -0.2) is 22.1 Å². The highest BCUT2D eigenvalue weighted by Crippen LogP contribution is 2.29. The fourth-order valence-electron chi connectivity index (χ4n) is 1.19. The molecule has 6 nitrogen and oxygen atoms in total. The van der Waals surface area contributed by atoms with E-state index in [1.165, 1.54) is 12.1 Å². The van der Waals surface area contributed by atoms with E-state index in [1.54, 1.807) is 6.92 Å². The minimum absolute atomic E-state index is 0.00995. The number of nitro benzene ring substituents is 1. The predicted octanol–water partition coefficient (Wildman–Crippen LogP) is 2.47. The Bertz CT molecular complexity index is 443. The van der Waals surface area contributed by atoms with Crippen molar-refractivity contribution in [1.82, 2.24) is 0 Å². The molecule has 6 heteroatoms. The van der Waals surface area contributed by atoms with E-state index in [0.29, 0.717) is 6.42 Å². The third-order valence-electron chi connectivity index (χ3n) is 2.31. The van der Waals surface area contributed by atoms with Crippen molar-refractivity contribution in [2.24, 2.45) is 0 Å². The Labute approximate surface area is 98.0 Å². The number of carboxylic acids is 1. The monoisotopic (exact) mass is 239 g/mol. The first-order chi connectivity index (χ1) is 7.95. The van der Waals surface area contributed by atoms with Gasteiger partial charge in [-0.3, -0.25) is 10.1 Å². The molecular formula is C11H13NO5. The lowest BCUT2D eigenvalue weighted by molar-refractivity contribution is -0.386. The highest BCUT2D eigenvalue weighted by atomic mass is 16.6. The van der Waals surface area contributed by atoms with E-state index >= 15 is 0 Å². The molecule has 0 aliphatic heterocycles. The topological polar surface area (TPSA) is 89.7 Å². The zero-order valence-corrected chi connectivity index (χ0v) is 9.54. The Morgan fingerprint density at radius 1 is 1.59 bits per heavy atom. The lowest BCUT2D eigenvalue weighted by Crippen LogP contribution is -2.11. The number of rotatable bonds is 5. The van der Waals surface area contributed by atoms with Crippen LogP contribution in [0.5, 0.6) is 5.75 Å². The number of hydrogen-bond acceptors (Lipinski definition) is 4. The minimum Gasteiger partial charge on any atom is -0.484 e. The van der Waals surface area contributed by atoms with Gasteiger partial charge in [0.15, 0.2) is 5.75 Å². The van der Waals surface area contributed by atoms with Gasteiger partial charge in [-0.05, 0) is 19.4 Å². The summed E-state index contributed by atoms with van der Waals surface area (Å²) < 4.78 is 5.34. The molecule has 0 saturated carbocycles. The molecule has 1 aromatic carbocycles. The molecular weight excluding hydrogens is 226 g/mol. The number of nitro groups is 1. The van der Waals surface area contributed by atoms with Gasteiger partial charge >= 0.3 is 11.7 Å². The van der Waals surface area contributed by atoms with Crippen molar-refractivity contribution in [3.8, 4) is 5.75 Å². The fraction of sp³-hybridized carbons (Fsp3) is 0.364. The van der Waals surface area contributed by atoms with Crippen LogP contribution in [0.15, 0.2) is 18.2 Å². The molecule has 1 unspecified atom stereocenters. The SMILES string of the molecule is CCC(C)Oc1cc(C(=O)O)ccc1[N+](=O)[O-]. The quantitative estimate of drug-likeness (QED) is 0.629. The maximum absolute atomic E-state index is 10.8. The molecule has 0 bridgehead atoms. The molecule has 0 aromatic heterocycles. The summed E-state index contributed by atoms with van der Waals surface area (Å²) in [7, 11) is 0. The Hall–Kier alpha value is -2.11. The molecule has 0 aliphatic carbocycles. The number of benzene rings is 1. The lowest BCUT2D eigenvalue weighted by atomic mass is 10.2. The molecule has 0 amide bonds. The number of carboxylic acid groups (broad SMARTS) is 1. The van der Waals surface area contributed by atoms with E-state index in [0.717, 1.165) is 6.07 Å². The van der Waals surface area contributed by atoms with Crippen LogP contribution < -0.4 is 4.74 Å². The maximum Gasteiger partial charge on any atom is 0.335 e. The molecule has 0 saturated heterocycles. The number of ether oxygens (including phenoxy) is 1. The van der Waals surface area contributed by atoms with Gasteiger partial charge in [-0.15, -0.1) is 0 Å². The summed E-state index contributed by atoms with van der Waals surface area (Å²) in [6, 6.07) is 3.50. The van der Waals surface area contributed by atoms with Crippen molar-refractivity contribution < 1.29 is 19.6 Å². The van der Waals surface area contributed by atoms with E-state index in [2.05, 4.69) is 0 Å². The third-order valence-corrected chi connectivity index (χ3v) is 2.31. The summed E-state index contributed by atoms with van der Waals surface area (Å²) in [6.45, 7) is 3.63. The van der Waals surface area contributed by atoms with Gasteiger partial charge in [-0.1, -0.05) is 6.92 Å². The number of nitrogens with zero attached hydrogens (tertiary/aromatic N) is 1. The summed E-state index contributed by atoms with van der Waals surface area (Å²) >= 11 is 0. The Balaban J connectivity index is 3.15. The molecule has 0 radical (unpaired) electrons. The van der Waals surface area contributed by atoms with Crippen LogP contribution >= 0.6 is 0 Å². The van der Waals surface area contributed by atoms with Gasteiger partial charge in [0.25, 0.3) is 0 Å². The third kappa shape index (κ3) is 3.17. The summed E-state index contributed by atoms with van der Waals surface area (Å²) in [6.07, 6.45) is 0.465. The van der Waals surface area contributed by atoms with Gasteiger partial charge in [0, 0.05) is 12.1 Å². The maximum atomic E-state index is 10.8. The van der Waals surface area contributed by atoms with E-state index < -0.39 is 10.9 Å². The highest BCUT2D eigenvalue weighted by Gasteiger charge is 2.19. The van der Waals surface area contributed by atoms with Crippen LogP contribution in [-0.2, 0) is 0 Å². The van der Waals surface area contributed by atoms with Gasteiger partial charge in [0.2, 0.25) is 0 Å². The van der Waals surface area contributed by atoms with Crippen LogP contribution in [0, 0.1) is 10.1 Å². The smallest absolute Gasteiger partial charge is 0.335 e. The standard InChI is InChI=1S/C11H13NO5/c1-3-7(2)17-10-6-8(11(13)14)4-5-9(10)12(15)16/h4-7H,3H2,1-2H3,(H,13,14). The Morgan fingerprint density at radius 3 is 2.71 bits per heavy atom. The lowest BCUT2D eigenvalue weighted by Gasteiger charge is -2.12. The molecule has 1 N–H and O–H groups in total. The number of aromatic carboxylic acids is 1. The summed E-state index contributed by atoms with van der Waals surface area (Å²) in [5, 5.41) is 19.6. The number of carbonyl (C=O) groups is 1. The molecule has 0 heterocycles. The van der Waals surface area contributed by atoms with Crippen molar-refractivity contribution in [1.29, 1.82) is 0 Å². The van der Waals surface area contributed by atoms with Crippen LogP contribution in [0.2, 0.25) is 0 Å². The first-order valence-corrected chi connectivity index (χ1v) is 5.14. The Kier molecular flexibility index (Phi) is 4.03. The second-order valence-electron chi connectivity index (χ2n) is 3.58. The van der Waals surface area contributed by atoms with Gasteiger partial charge in [-0.2, -0.15) is 0 Å². The summed E-state index contributed by atoms with van der Waals surface area (Å²) in [5.74, 6) is -1.15. The zero-order valence-electron chi connectivity index (χ0n) is 9.54. The predicted molar refractivity (Wildman–Crippen MR) is 60.4 cm³/mol. The molecule has 0 fully saturated rings. The van der Waals surface area contributed by atoms with E-state index in [-0.39, 0.29) is 23.1 Å². The molecule has 17 heavy (non-hydrogen) atoms. The second-order valence-corrected chi connectivity index (χ2v) is 3.58. The normalized spacial score (nSPS) is 11.9. The minimum atomic E-state index is -1.14. The van der Waals surface area contributed by atoms with Crippen LogP contribution in [0.3, 0.4) is 0 Å². The highest BCUT2D eigenvalue weighted by molar-refractivity contribution is 5.88. The van der Waals surface area contributed by atoms with Gasteiger partial charge in [0.1, 0.15) is 0 Å². The van der Waals surface area contributed by atoms with Gasteiger partial charge in [-0.25, -0.2) is 4.79 Å². The second kappa shape index (κ2) is 5.29. The Morgan fingerprint density at radius 2 is 2.24 bits per heavy atom. The first kappa shape index (κ1) is 13.0. The van der Waals surface area contributed by atoms with Gasteiger partial charge in [0.05, 0.1) is 16.6 Å². The van der Waals surface area contributed by atoms with Crippen molar-refractivity contribution >= 4 is 11.7 Å². The molecule has 1 rings (SSSR count). The van der Waals surface area contributed by atoms with E-state index in [9.17, 15) is 14.9 Å². The van der Waals surface area contributed by atoms with Crippen LogP contribution in [0.1, 0.15) is 30.6 Å². The largest absolute Gasteiger partial charge is 0.484 e. The first-order valence-electron chi connectivity index (χ1n) is 5.14. The van der Waals surface area contributed by atoms with Crippen molar-refractivity contribution in [3.05, 3.63) is 33.9 Å². The molecule has 92 valence electrons. The summed E-state index contributed by atoms with van der Waals surface area (Å²) in [4.78, 5) is 20.9. The molecule has 0 aliphatic rings. The van der Waals surface area contributed by atoms with Gasteiger partial charge < -0.3 is 9.84 Å². The molecule has 1 atom stereocenters. The molecule has 0 spiro atoms. The molecule has 1 aromatic rings. The number of hydrogen-bond donors (Lipinski definition) is 1. The van der Waals surface area contributed by atoms with E-state index in [4.69, 9.17) is 9.84 Å². The fourth-order valence-corrected chi connectivity index (χ4v) is 1.19.